The number of alkyl halides is 1. The van der Waals surface area contributed by atoms with Crippen molar-refractivity contribution in [1.29, 1.82) is 0 Å². The minimum atomic E-state index is -0.154. The van der Waals surface area contributed by atoms with Crippen molar-refractivity contribution in [1.82, 2.24) is 4.98 Å². The van der Waals surface area contributed by atoms with Crippen molar-refractivity contribution in [2.75, 3.05) is 0 Å². The molecule has 0 amide bonds. The molecule has 0 unspecified atom stereocenters. The van der Waals surface area contributed by atoms with Crippen molar-refractivity contribution in [3.05, 3.63) is 63.6 Å². The third kappa shape index (κ3) is 3.64. The van der Waals surface area contributed by atoms with E-state index in [4.69, 9.17) is 16.3 Å². The average Bonchev–Trinajstić information content (AvgIpc) is 2.46. The number of benzene rings is 1. The van der Waals surface area contributed by atoms with Crippen LogP contribution in [0, 0.1) is 0 Å². The number of H-pyrrole nitrogens is 1. The van der Waals surface area contributed by atoms with E-state index < -0.39 is 0 Å². The van der Waals surface area contributed by atoms with Crippen molar-refractivity contribution in [2.24, 2.45) is 0 Å². The van der Waals surface area contributed by atoms with Crippen molar-refractivity contribution in [2.45, 2.75) is 32.3 Å². The summed E-state index contributed by atoms with van der Waals surface area (Å²) in [5.74, 6) is 1.11. The van der Waals surface area contributed by atoms with Gasteiger partial charge in [0.2, 0.25) is 5.43 Å². The van der Waals surface area contributed by atoms with E-state index >= 15 is 0 Å². The zero-order valence-corrected chi connectivity index (χ0v) is 12.4. The first kappa shape index (κ1) is 14.7. The molecule has 0 saturated heterocycles. The highest BCUT2D eigenvalue weighted by Gasteiger charge is 2.03. The molecule has 0 aliphatic rings. The molecule has 0 radical (unpaired) electrons. The van der Waals surface area contributed by atoms with Gasteiger partial charge >= 0.3 is 0 Å². The second-order valence-corrected chi connectivity index (χ2v) is 5.27. The topological polar surface area (TPSA) is 42.1 Å². The molecule has 0 spiro atoms. The van der Waals surface area contributed by atoms with Crippen LogP contribution in [0.3, 0.4) is 0 Å². The van der Waals surface area contributed by atoms with Crippen LogP contribution in [0.4, 0.5) is 0 Å². The maximum atomic E-state index is 11.8. The summed E-state index contributed by atoms with van der Waals surface area (Å²) in [4.78, 5) is 14.7. The zero-order chi connectivity index (χ0) is 14.5. The largest absolute Gasteiger partial charge is 0.483 e. The second-order valence-electron chi connectivity index (χ2n) is 5.01. The molecule has 0 aliphatic carbocycles. The van der Waals surface area contributed by atoms with E-state index in [1.807, 2.05) is 12.1 Å². The lowest BCUT2D eigenvalue weighted by molar-refractivity contribution is 0.302. The summed E-state index contributed by atoms with van der Waals surface area (Å²) in [6.45, 7) is 4.69. The number of aromatic amines is 1. The number of ether oxygens (including phenoxy) is 1. The molecule has 106 valence electrons. The summed E-state index contributed by atoms with van der Waals surface area (Å²) < 4.78 is 5.54. The highest BCUT2D eigenvalue weighted by Crippen LogP contribution is 2.15. The Balaban J connectivity index is 2.03. The lowest BCUT2D eigenvalue weighted by Gasteiger charge is -2.08. The van der Waals surface area contributed by atoms with E-state index in [1.165, 1.54) is 11.6 Å². The van der Waals surface area contributed by atoms with Gasteiger partial charge in [-0.05, 0) is 17.0 Å². The third-order valence-electron chi connectivity index (χ3n) is 3.12. The van der Waals surface area contributed by atoms with Crippen LogP contribution in [-0.4, -0.2) is 4.98 Å². The molecule has 20 heavy (non-hydrogen) atoms. The monoisotopic (exact) mass is 291 g/mol. The Morgan fingerprint density at radius 3 is 2.50 bits per heavy atom. The minimum absolute atomic E-state index is 0.154. The Labute approximate surface area is 123 Å². The summed E-state index contributed by atoms with van der Waals surface area (Å²) in [6, 6.07) is 9.69. The number of pyridine rings is 1. The highest BCUT2D eigenvalue weighted by atomic mass is 35.5. The van der Waals surface area contributed by atoms with E-state index in [2.05, 4.69) is 31.0 Å². The van der Waals surface area contributed by atoms with Crippen LogP contribution < -0.4 is 10.2 Å². The molecule has 0 aliphatic heterocycles. The molecular weight excluding hydrogens is 274 g/mol. The van der Waals surface area contributed by atoms with Gasteiger partial charge in [-0.3, -0.25) is 4.79 Å². The van der Waals surface area contributed by atoms with Crippen molar-refractivity contribution in [3.8, 4) is 5.75 Å². The van der Waals surface area contributed by atoms with Crippen LogP contribution >= 0.6 is 11.6 Å². The van der Waals surface area contributed by atoms with Crippen LogP contribution in [0.5, 0.6) is 5.75 Å². The van der Waals surface area contributed by atoms with Gasteiger partial charge in [-0.1, -0.05) is 38.1 Å². The maximum Gasteiger partial charge on any atom is 0.223 e. The fraction of sp³-hybridized carbons (Fsp3) is 0.312. The van der Waals surface area contributed by atoms with E-state index in [9.17, 15) is 4.79 Å². The quantitative estimate of drug-likeness (QED) is 0.851. The zero-order valence-electron chi connectivity index (χ0n) is 11.7. The minimum Gasteiger partial charge on any atom is -0.483 e. The Bertz CT molecular complexity index is 617. The first-order valence-corrected chi connectivity index (χ1v) is 7.13. The fourth-order valence-corrected chi connectivity index (χ4v) is 2.00. The molecule has 3 nitrogen and oxygen atoms in total. The van der Waals surface area contributed by atoms with Gasteiger partial charge in [0.1, 0.15) is 6.61 Å². The van der Waals surface area contributed by atoms with E-state index in [0.29, 0.717) is 24.0 Å². The molecule has 4 heteroatoms. The lowest BCUT2D eigenvalue weighted by Crippen LogP contribution is -2.09. The van der Waals surface area contributed by atoms with Crippen molar-refractivity contribution < 1.29 is 4.74 Å². The van der Waals surface area contributed by atoms with Gasteiger partial charge in [-0.15, -0.1) is 11.6 Å². The Morgan fingerprint density at radius 1 is 1.25 bits per heavy atom. The van der Waals surface area contributed by atoms with Crippen molar-refractivity contribution in [3.63, 3.8) is 0 Å². The van der Waals surface area contributed by atoms with Gasteiger partial charge in [0.25, 0.3) is 0 Å². The molecule has 1 aromatic heterocycles. The number of nitrogens with one attached hydrogen (secondary N) is 1. The molecular formula is C16H18ClNO2. The summed E-state index contributed by atoms with van der Waals surface area (Å²) in [5.41, 5.74) is 2.86. The van der Waals surface area contributed by atoms with Crippen LogP contribution in [0.15, 0.2) is 41.3 Å². The number of hydrogen-bond donors (Lipinski definition) is 1. The van der Waals surface area contributed by atoms with Crippen LogP contribution in [0.2, 0.25) is 0 Å². The lowest BCUT2D eigenvalue weighted by atomic mass is 10.0. The summed E-state index contributed by atoms with van der Waals surface area (Å²) in [6.07, 6.45) is 1.56. The third-order valence-corrected chi connectivity index (χ3v) is 3.41. The molecule has 0 saturated carbocycles. The predicted molar refractivity (Wildman–Crippen MR) is 81.5 cm³/mol. The SMILES string of the molecule is CC(C)c1ccc(COc2c[nH]c(CCl)cc2=O)cc1. The Hall–Kier alpha value is -1.74. The van der Waals surface area contributed by atoms with Crippen LogP contribution in [0.1, 0.15) is 36.6 Å². The number of halogens is 1. The predicted octanol–water partition coefficient (Wildman–Crippen LogP) is 3.82. The fourth-order valence-electron chi connectivity index (χ4n) is 1.85. The van der Waals surface area contributed by atoms with Gasteiger partial charge in [-0.2, -0.15) is 0 Å². The summed E-state index contributed by atoms with van der Waals surface area (Å²) >= 11 is 5.65. The molecule has 0 atom stereocenters. The summed E-state index contributed by atoms with van der Waals surface area (Å²) in [7, 11) is 0. The first-order chi connectivity index (χ1) is 9.60. The first-order valence-electron chi connectivity index (χ1n) is 6.59. The number of aromatic nitrogens is 1. The van der Waals surface area contributed by atoms with Gasteiger partial charge in [0.05, 0.1) is 5.88 Å². The molecule has 1 heterocycles. The second kappa shape index (κ2) is 6.62. The van der Waals surface area contributed by atoms with E-state index in [1.54, 1.807) is 6.20 Å². The van der Waals surface area contributed by atoms with Gasteiger partial charge < -0.3 is 9.72 Å². The number of hydrogen-bond acceptors (Lipinski definition) is 2. The molecule has 0 bridgehead atoms. The molecule has 1 aromatic carbocycles. The normalized spacial score (nSPS) is 10.8. The van der Waals surface area contributed by atoms with Gasteiger partial charge in [0, 0.05) is 18.0 Å². The number of rotatable bonds is 5. The maximum absolute atomic E-state index is 11.8. The average molecular weight is 292 g/mol. The molecule has 2 aromatic rings. The van der Waals surface area contributed by atoms with Gasteiger partial charge in [-0.25, -0.2) is 0 Å². The highest BCUT2D eigenvalue weighted by molar-refractivity contribution is 6.16. The standard InChI is InChI=1S/C16H18ClNO2/c1-11(2)13-5-3-12(4-6-13)10-20-16-9-18-14(8-17)7-15(16)19/h3-7,9,11H,8,10H2,1-2H3,(H,18,19). The van der Waals surface area contributed by atoms with E-state index in [0.717, 1.165) is 5.56 Å². The molecule has 2 rings (SSSR count). The van der Waals surface area contributed by atoms with Crippen molar-refractivity contribution >= 4 is 11.6 Å². The molecule has 1 N–H and O–H groups in total. The van der Waals surface area contributed by atoms with Crippen LogP contribution in [0.25, 0.3) is 0 Å². The van der Waals surface area contributed by atoms with Crippen LogP contribution in [-0.2, 0) is 12.5 Å². The molecule has 0 fully saturated rings. The smallest absolute Gasteiger partial charge is 0.223 e. The summed E-state index contributed by atoms with van der Waals surface area (Å²) in [5, 5.41) is 0. The Morgan fingerprint density at radius 2 is 1.95 bits per heavy atom. The Kier molecular flexibility index (Phi) is 4.85. The van der Waals surface area contributed by atoms with E-state index in [-0.39, 0.29) is 11.3 Å². The van der Waals surface area contributed by atoms with Gasteiger partial charge in [0.15, 0.2) is 5.75 Å².